The summed E-state index contributed by atoms with van der Waals surface area (Å²) in [6.45, 7) is 6.48. The normalized spacial score (nSPS) is 12.6. The maximum Gasteiger partial charge on any atom is 0.306 e. The van der Waals surface area contributed by atoms with Gasteiger partial charge in [-0.2, -0.15) is 0 Å². The topological polar surface area (TPSA) is 78.9 Å². The van der Waals surface area contributed by atoms with E-state index in [-0.39, 0.29) is 37.5 Å². The van der Waals surface area contributed by atoms with Gasteiger partial charge >= 0.3 is 17.9 Å². The lowest BCUT2D eigenvalue weighted by Gasteiger charge is -2.18. The van der Waals surface area contributed by atoms with E-state index in [1.54, 1.807) is 0 Å². The van der Waals surface area contributed by atoms with E-state index in [4.69, 9.17) is 14.2 Å². The SMILES string of the molecule is CC/C=C\C/C=C\C/C=C\C/C=C\CCCCC(=O)O[C@H](COC(=O)CCCCCCC/C=C\C/C=C\CCCCC)COC(=O)CCCCCCCCCCCCCCCCCCCCCCC. The van der Waals surface area contributed by atoms with Gasteiger partial charge in [-0.05, 0) is 89.9 Å². The second-order valence-corrected chi connectivity index (χ2v) is 19.5. The second-order valence-electron chi connectivity index (χ2n) is 19.5. The van der Waals surface area contributed by atoms with Gasteiger partial charge in [0.15, 0.2) is 6.10 Å². The van der Waals surface area contributed by atoms with Crippen molar-refractivity contribution in [2.75, 3.05) is 13.2 Å². The summed E-state index contributed by atoms with van der Waals surface area (Å²) in [4.78, 5) is 38.2. The Kier molecular flexibility index (Phi) is 54.8. The minimum absolute atomic E-state index is 0.0945. The van der Waals surface area contributed by atoms with Crippen LogP contribution in [-0.4, -0.2) is 37.2 Å². The summed E-state index contributed by atoms with van der Waals surface area (Å²) in [7, 11) is 0. The summed E-state index contributed by atoms with van der Waals surface area (Å²) < 4.78 is 16.8. The van der Waals surface area contributed by atoms with E-state index >= 15 is 0 Å². The molecule has 1 atom stereocenters. The molecular weight excluding hydrogens is 853 g/mol. The van der Waals surface area contributed by atoms with Crippen molar-refractivity contribution in [1.82, 2.24) is 0 Å². The van der Waals surface area contributed by atoms with Crippen LogP contribution in [0.15, 0.2) is 72.9 Å². The summed E-state index contributed by atoms with van der Waals surface area (Å²) in [6.07, 6.45) is 73.3. The molecule has 0 spiro atoms. The molecule has 0 unspecified atom stereocenters. The van der Waals surface area contributed by atoms with Crippen molar-refractivity contribution < 1.29 is 28.6 Å². The third kappa shape index (κ3) is 55.6. The van der Waals surface area contributed by atoms with Gasteiger partial charge in [0.1, 0.15) is 13.2 Å². The van der Waals surface area contributed by atoms with Crippen molar-refractivity contribution in [3.8, 4) is 0 Å². The third-order valence-corrected chi connectivity index (χ3v) is 12.7. The number of carbonyl (C=O) groups is 3. The summed E-state index contributed by atoms with van der Waals surface area (Å²) >= 11 is 0. The molecule has 398 valence electrons. The first-order valence-corrected chi connectivity index (χ1v) is 29.4. The van der Waals surface area contributed by atoms with Gasteiger partial charge in [-0.25, -0.2) is 0 Å². The van der Waals surface area contributed by atoms with Crippen LogP contribution in [0.3, 0.4) is 0 Å². The third-order valence-electron chi connectivity index (χ3n) is 12.7. The van der Waals surface area contributed by atoms with E-state index in [9.17, 15) is 14.4 Å². The van der Waals surface area contributed by atoms with Crippen LogP contribution < -0.4 is 0 Å². The van der Waals surface area contributed by atoms with Crippen LogP contribution in [0.2, 0.25) is 0 Å². The molecule has 0 saturated carbocycles. The predicted octanol–water partition coefficient (Wildman–Crippen LogP) is 19.8. The Morgan fingerprint density at radius 2 is 0.565 bits per heavy atom. The molecule has 0 aliphatic heterocycles. The van der Waals surface area contributed by atoms with E-state index in [1.807, 2.05) is 0 Å². The molecule has 69 heavy (non-hydrogen) atoms. The largest absolute Gasteiger partial charge is 0.462 e. The molecule has 0 aromatic heterocycles. The fourth-order valence-electron chi connectivity index (χ4n) is 8.29. The van der Waals surface area contributed by atoms with Gasteiger partial charge in [0, 0.05) is 19.3 Å². The van der Waals surface area contributed by atoms with E-state index in [0.29, 0.717) is 19.3 Å². The molecule has 0 rings (SSSR count). The average molecular weight is 964 g/mol. The van der Waals surface area contributed by atoms with Gasteiger partial charge in [0.05, 0.1) is 0 Å². The molecule has 6 nitrogen and oxygen atoms in total. The van der Waals surface area contributed by atoms with E-state index in [2.05, 4.69) is 93.7 Å². The molecule has 0 radical (unpaired) electrons. The Hall–Kier alpha value is -3.15. The molecule has 6 heteroatoms. The molecular formula is C63H110O6. The number of hydrogen-bond acceptors (Lipinski definition) is 6. The monoisotopic (exact) mass is 963 g/mol. The smallest absolute Gasteiger partial charge is 0.306 e. The molecule has 0 fully saturated rings. The van der Waals surface area contributed by atoms with Crippen LogP contribution in [0, 0.1) is 0 Å². The van der Waals surface area contributed by atoms with Crippen LogP contribution in [0.5, 0.6) is 0 Å². The Balaban J connectivity index is 4.38. The number of rotatable bonds is 53. The van der Waals surface area contributed by atoms with Gasteiger partial charge in [-0.1, -0.05) is 254 Å². The Morgan fingerprint density at radius 1 is 0.304 bits per heavy atom. The first-order chi connectivity index (χ1) is 34.0. The van der Waals surface area contributed by atoms with E-state index in [0.717, 1.165) is 103 Å². The Labute approximate surface area is 427 Å². The van der Waals surface area contributed by atoms with Crippen LogP contribution in [0.1, 0.15) is 290 Å². The summed E-state index contributed by atoms with van der Waals surface area (Å²) in [5.74, 6) is -0.941. The van der Waals surface area contributed by atoms with Crippen molar-refractivity contribution in [3.63, 3.8) is 0 Å². The summed E-state index contributed by atoms with van der Waals surface area (Å²) in [6, 6.07) is 0. The number of unbranched alkanes of at least 4 members (excludes halogenated alkanes) is 30. The van der Waals surface area contributed by atoms with E-state index < -0.39 is 6.10 Å². The highest BCUT2D eigenvalue weighted by molar-refractivity contribution is 5.71. The molecule has 0 aliphatic carbocycles. The van der Waals surface area contributed by atoms with Crippen molar-refractivity contribution in [2.45, 2.75) is 297 Å². The van der Waals surface area contributed by atoms with Crippen LogP contribution in [-0.2, 0) is 28.6 Å². The lowest BCUT2D eigenvalue weighted by atomic mass is 10.0. The van der Waals surface area contributed by atoms with Crippen LogP contribution in [0.4, 0.5) is 0 Å². The second kappa shape index (κ2) is 57.4. The minimum Gasteiger partial charge on any atom is -0.462 e. The van der Waals surface area contributed by atoms with E-state index in [1.165, 1.54) is 141 Å². The van der Waals surface area contributed by atoms with Gasteiger partial charge in [-0.15, -0.1) is 0 Å². The zero-order valence-corrected chi connectivity index (χ0v) is 45.6. The molecule has 0 bridgehead atoms. The van der Waals surface area contributed by atoms with Crippen LogP contribution >= 0.6 is 0 Å². The lowest BCUT2D eigenvalue weighted by Crippen LogP contribution is -2.30. The van der Waals surface area contributed by atoms with Crippen molar-refractivity contribution in [1.29, 1.82) is 0 Å². The average Bonchev–Trinajstić information content (AvgIpc) is 3.35. The molecule has 0 saturated heterocycles. The lowest BCUT2D eigenvalue weighted by molar-refractivity contribution is -0.167. The fourth-order valence-corrected chi connectivity index (χ4v) is 8.29. The molecule has 0 heterocycles. The summed E-state index contributed by atoms with van der Waals surface area (Å²) in [5.41, 5.74) is 0. The number of carbonyl (C=O) groups excluding carboxylic acids is 3. The molecule has 0 aliphatic rings. The molecule has 0 aromatic rings. The quantitative estimate of drug-likeness (QED) is 0.0262. The maximum absolute atomic E-state index is 12.8. The Bertz CT molecular complexity index is 1290. The van der Waals surface area contributed by atoms with Crippen molar-refractivity contribution >= 4 is 17.9 Å². The number of allylic oxidation sites excluding steroid dienone is 12. The zero-order chi connectivity index (χ0) is 50.0. The predicted molar refractivity (Wildman–Crippen MR) is 298 cm³/mol. The van der Waals surface area contributed by atoms with Crippen LogP contribution in [0.25, 0.3) is 0 Å². The number of esters is 3. The molecule has 0 N–H and O–H groups in total. The molecule has 0 aromatic carbocycles. The van der Waals surface area contributed by atoms with Gasteiger partial charge < -0.3 is 14.2 Å². The van der Waals surface area contributed by atoms with Gasteiger partial charge in [0.25, 0.3) is 0 Å². The fraction of sp³-hybridized carbons (Fsp3) is 0.762. The first kappa shape index (κ1) is 65.8. The Morgan fingerprint density at radius 3 is 0.942 bits per heavy atom. The number of ether oxygens (including phenoxy) is 3. The minimum atomic E-state index is -0.802. The van der Waals surface area contributed by atoms with Crippen molar-refractivity contribution in [3.05, 3.63) is 72.9 Å². The maximum atomic E-state index is 12.8. The van der Waals surface area contributed by atoms with Gasteiger partial charge in [0.2, 0.25) is 0 Å². The highest BCUT2D eigenvalue weighted by Gasteiger charge is 2.19. The molecule has 0 amide bonds. The highest BCUT2D eigenvalue weighted by atomic mass is 16.6. The van der Waals surface area contributed by atoms with Gasteiger partial charge in [-0.3, -0.25) is 14.4 Å². The standard InChI is InChI=1S/C63H110O6/c1-4-7-10-13-16-19-22-25-28-29-30-31-32-33-36-38-41-44-47-50-53-56-62(65)68-59-60(69-63(66)57-54-51-48-45-42-39-35-27-24-21-18-15-12-9-6-3)58-67-61(64)55-52-49-46-43-40-37-34-26-23-20-17-14-11-8-5-2/h9,12,17-18,20-21,26-27,34-35,42,45,60H,4-8,10-11,13-16,19,22-25,28-33,36-41,43-44,46-59H2,1-3H3/b12-9-,20-17-,21-18-,34-26-,35-27-,45-42-/t60-/m1/s1. The highest BCUT2D eigenvalue weighted by Crippen LogP contribution is 2.16. The zero-order valence-electron chi connectivity index (χ0n) is 45.6. The van der Waals surface area contributed by atoms with Crippen molar-refractivity contribution in [2.24, 2.45) is 0 Å². The summed E-state index contributed by atoms with van der Waals surface area (Å²) in [5, 5.41) is 0. The number of hydrogen-bond donors (Lipinski definition) is 0. The first-order valence-electron chi connectivity index (χ1n) is 29.4.